The Balaban J connectivity index is 1.97. The summed E-state index contributed by atoms with van der Waals surface area (Å²) in [5.74, 6) is 0.671. The van der Waals surface area contributed by atoms with Crippen LogP contribution < -0.4 is 10.7 Å². The van der Waals surface area contributed by atoms with Crippen LogP contribution in [0.5, 0.6) is 0 Å². The minimum absolute atomic E-state index is 0.320. The summed E-state index contributed by atoms with van der Waals surface area (Å²) in [6, 6.07) is 8.69. The average Bonchev–Trinajstić information content (AvgIpc) is 2.93. The molecule has 0 atom stereocenters. The Morgan fingerprint density at radius 2 is 2.10 bits per heavy atom. The molecular formula is C13H11Cl2N3OS. The molecule has 0 radical (unpaired) electrons. The third-order valence-corrected chi connectivity index (χ3v) is 3.12. The van der Waals surface area contributed by atoms with Gasteiger partial charge in [-0.2, -0.15) is 5.10 Å². The van der Waals surface area contributed by atoms with E-state index in [4.69, 9.17) is 39.8 Å². The van der Waals surface area contributed by atoms with Crippen molar-refractivity contribution in [2.45, 2.75) is 6.92 Å². The van der Waals surface area contributed by atoms with Gasteiger partial charge in [0.15, 0.2) is 5.11 Å². The monoisotopic (exact) mass is 327 g/mol. The zero-order chi connectivity index (χ0) is 14.5. The molecule has 0 unspecified atom stereocenters. The van der Waals surface area contributed by atoms with Gasteiger partial charge in [0.05, 0.1) is 17.0 Å². The van der Waals surface area contributed by atoms with Crippen molar-refractivity contribution in [3.8, 4) is 0 Å². The smallest absolute Gasteiger partial charge is 0.191 e. The molecule has 4 nitrogen and oxygen atoms in total. The lowest BCUT2D eigenvalue weighted by molar-refractivity contribution is 0.556. The molecule has 0 aliphatic rings. The fourth-order valence-corrected chi connectivity index (χ4v) is 2.03. The number of hydrogen-bond acceptors (Lipinski definition) is 3. The van der Waals surface area contributed by atoms with E-state index in [2.05, 4.69) is 15.8 Å². The number of thiocarbonyl (C=S) groups is 1. The molecule has 7 heteroatoms. The zero-order valence-corrected chi connectivity index (χ0v) is 12.8. The van der Waals surface area contributed by atoms with Gasteiger partial charge in [0, 0.05) is 5.02 Å². The maximum absolute atomic E-state index is 6.03. The fourth-order valence-electron chi connectivity index (χ4n) is 1.42. The fraction of sp³-hybridized carbons (Fsp3) is 0.0769. The normalized spacial score (nSPS) is 11.2. The highest BCUT2D eigenvalue weighted by Crippen LogP contribution is 2.25. The van der Waals surface area contributed by atoms with Gasteiger partial charge < -0.3 is 9.73 Å². The summed E-state index contributed by atoms with van der Waals surface area (Å²) in [4.78, 5) is 0. The molecule has 2 N–H and O–H groups in total. The highest BCUT2D eigenvalue weighted by molar-refractivity contribution is 7.80. The molecule has 0 saturated carbocycles. The minimum Gasteiger partial charge on any atom is -0.463 e. The van der Waals surface area contributed by atoms with Crippen molar-refractivity contribution in [2.24, 2.45) is 5.10 Å². The molecule has 2 aromatic rings. The molecule has 0 fully saturated rings. The van der Waals surface area contributed by atoms with Crippen LogP contribution in [0.2, 0.25) is 10.0 Å². The van der Waals surface area contributed by atoms with E-state index in [0.29, 0.717) is 32.3 Å². The SMILES string of the molecule is C/C(=N/NC(=S)Nc1ccc(Cl)cc1Cl)c1ccco1. The first-order chi connectivity index (χ1) is 9.56. The Labute approximate surface area is 131 Å². The van der Waals surface area contributed by atoms with Crippen molar-refractivity contribution in [2.75, 3.05) is 5.32 Å². The maximum Gasteiger partial charge on any atom is 0.191 e. The first-order valence-corrected chi connectivity index (χ1v) is 6.83. The highest BCUT2D eigenvalue weighted by atomic mass is 35.5. The Morgan fingerprint density at radius 1 is 1.30 bits per heavy atom. The Kier molecular flexibility index (Phi) is 5.00. The van der Waals surface area contributed by atoms with Gasteiger partial charge in [0.2, 0.25) is 0 Å². The molecule has 1 aromatic carbocycles. The summed E-state index contributed by atoms with van der Waals surface area (Å²) in [5, 5.41) is 8.40. The lowest BCUT2D eigenvalue weighted by Gasteiger charge is -2.09. The second-order valence-corrected chi connectivity index (χ2v) is 5.12. The molecule has 20 heavy (non-hydrogen) atoms. The number of halogens is 2. The summed E-state index contributed by atoms with van der Waals surface area (Å²) < 4.78 is 5.21. The Bertz CT molecular complexity index is 641. The highest BCUT2D eigenvalue weighted by Gasteiger charge is 2.04. The number of hydrazone groups is 1. The number of rotatable bonds is 3. The van der Waals surface area contributed by atoms with Gasteiger partial charge in [-0.05, 0) is 49.5 Å². The van der Waals surface area contributed by atoms with Crippen LogP contribution in [0.1, 0.15) is 12.7 Å². The molecule has 0 amide bonds. The minimum atomic E-state index is 0.320. The zero-order valence-electron chi connectivity index (χ0n) is 10.5. The number of anilines is 1. The van der Waals surface area contributed by atoms with E-state index in [1.165, 1.54) is 0 Å². The third-order valence-electron chi connectivity index (χ3n) is 2.38. The van der Waals surface area contributed by atoms with Crippen molar-refractivity contribution < 1.29 is 4.42 Å². The van der Waals surface area contributed by atoms with Crippen LogP contribution in [0.4, 0.5) is 5.69 Å². The van der Waals surface area contributed by atoms with Gasteiger partial charge in [-0.15, -0.1) is 0 Å². The van der Waals surface area contributed by atoms with Crippen LogP contribution in [-0.4, -0.2) is 10.8 Å². The summed E-state index contributed by atoms with van der Waals surface area (Å²) in [7, 11) is 0. The van der Waals surface area contributed by atoms with Gasteiger partial charge in [-0.25, -0.2) is 0 Å². The Hall–Kier alpha value is -1.56. The third kappa shape index (κ3) is 3.96. The summed E-state index contributed by atoms with van der Waals surface area (Å²) in [5.41, 5.74) is 4.05. The molecule has 104 valence electrons. The topological polar surface area (TPSA) is 49.6 Å². The van der Waals surface area contributed by atoms with E-state index in [9.17, 15) is 0 Å². The van der Waals surface area contributed by atoms with Crippen molar-refractivity contribution in [3.05, 3.63) is 52.4 Å². The Morgan fingerprint density at radius 3 is 2.75 bits per heavy atom. The van der Waals surface area contributed by atoms with Gasteiger partial charge in [0.25, 0.3) is 0 Å². The number of nitrogens with zero attached hydrogens (tertiary/aromatic N) is 1. The number of furan rings is 1. The van der Waals surface area contributed by atoms with Crippen LogP contribution in [-0.2, 0) is 0 Å². The molecule has 1 heterocycles. The molecule has 2 rings (SSSR count). The first kappa shape index (κ1) is 14.8. The van der Waals surface area contributed by atoms with Crippen LogP contribution in [0.25, 0.3) is 0 Å². The van der Waals surface area contributed by atoms with E-state index in [1.54, 1.807) is 30.5 Å². The summed E-state index contributed by atoms with van der Waals surface area (Å²) in [6.07, 6.45) is 1.58. The van der Waals surface area contributed by atoms with E-state index in [0.717, 1.165) is 0 Å². The molecule has 0 spiro atoms. The van der Waals surface area contributed by atoms with Crippen LogP contribution in [0, 0.1) is 0 Å². The second kappa shape index (κ2) is 6.74. The largest absolute Gasteiger partial charge is 0.463 e. The predicted octanol–water partition coefficient (Wildman–Crippen LogP) is 4.30. The quantitative estimate of drug-likeness (QED) is 0.501. The van der Waals surface area contributed by atoms with Crippen LogP contribution in [0.15, 0.2) is 46.1 Å². The second-order valence-electron chi connectivity index (χ2n) is 3.86. The average molecular weight is 328 g/mol. The lowest BCUT2D eigenvalue weighted by Crippen LogP contribution is -2.25. The number of nitrogens with one attached hydrogen (secondary N) is 2. The van der Waals surface area contributed by atoms with Crippen molar-refractivity contribution in [1.82, 2.24) is 5.43 Å². The molecular weight excluding hydrogens is 317 g/mol. The molecule has 0 bridgehead atoms. The molecule has 1 aromatic heterocycles. The number of benzene rings is 1. The molecule has 0 saturated heterocycles. The van der Waals surface area contributed by atoms with Crippen molar-refractivity contribution >= 4 is 51.9 Å². The predicted molar refractivity (Wildman–Crippen MR) is 86.7 cm³/mol. The lowest BCUT2D eigenvalue weighted by atomic mass is 10.3. The van der Waals surface area contributed by atoms with Gasteiger partial charge in [-0.1, -0.05) is 23.2 Å². The van der Waals surface area contributed by atoms with Gasteiger partial charge in [-0.3, -0.25) is 5.43 Å². The van der Waals surface area contributed by atoms with Gasteiger partial charge >= 0.3 is 0 Å². The standard InChI is InChI=1S/C13H11Cl2N3OS/c1-8(12-3-2-6-19-12)17-18-13(20)16-11-5-4-9(14)7-10(11)15/h2-7H,1H3,(H2,16,18,20)/b17-8-. The number of hydrogen-bond donors (Lipinski definition) is 2. The van der Waals surface area contributed by atoms with Crippen LogP contribution >= 0.6 is 35.4 Å². The van der Waals surface area contributed by atoms with Crippen molar-refractivity contribution in [1.29, 1.82) is 0 Å². The van der Waals surface area contributed by atoms with Gasteiger partial charge in [0.1, 0.15) is 11.5 Å². The first-order valence-electron chi connectivity index (χ1n) is 5.66. The van der Waals surface area contributed by atoms with Crippen molar-refractivity contribution in [3.63, 3.8) is 0 Å². The van der Waals surface area contributed by atoms with E-state index >= 15 is 0 Å². The molecule has 0 aliphatic heterocycles. The summed E-state index contributed by atoms with van der Waals surface area (Å²) >= 11 is 17.0. The van der Waals surface area contributed by atoms with E-state index in [-0.39, 0.29) is 0 Å². The summed E-state index contributed by atoms with van der Waals surface area (Å²) in [6.45, 7) is 1.81. The van der Waals surface area contributed by atoms with Crippen LogP contribution in [0.3, 0.4) is 0 Å². The molecule has 0 aliphatic carbocycles. The van der Waals surface area contributed by atoms with E-state index in [1.807, 2.05) is 13.0 Å². The maximum atomic E-state index is 6.03. The van der Waals surface area contributed by atoms with E-state index < -0.39 is 0 Å².